The first-order chi connectivity index (χ1) is 12.9. The zero-order valence-corrected chi connectivity index (χ0v) is 17.5. The molecule has 0 saturated carbocycles. The van der Waals surface area contributed by atoms with Crippen molar-refractivity contribution in [2.45, 2.75) is 12.2 Å². The van der Waals surface area contributed by atoms with E-state index in [1.807, 2.05) is 24.3 Å². The molecule has 0 aliphatic heterocycles. The topological polar surface area (TPSA) is 66.5 Å². The summed E-state index contributed by atoms with van der Waals surface area (Å²) in [5.41, 5.74) is 1.65. The van der Waals surface area contributed by atoms with Gasteiger partial charge in [-0.2, -0.15) is 11.8 Å². The lowest BCUT2D eigenvalue weighted by Crippen LogP contribution is -2.40. The lowest BCUT2D eigenvalue weighted by Gasteiger charge is -2.21. The molecule has 27 heavy (non-hydrogen) atoms. The van der Waals surface area contributed by atoms with E-state index in [2.05, 4.69) is 5.32 Å². The Kier molecular flexibility index (Phi) is 8.47. The van der Waals surface area contributed by atoms with Gasteiger partial charge in [-0.15, -0.1) is 0 Å². The molecular formula is C19H23ClN2O3S2. The summed E-state index contributed by atoms with van der Waals surface area (Å²) in [6, 6.07) is 16.4. The van der Waals surface area contributed by atoms with Gasteiger partial charge < -0.3 is 5.32 Å². The predicted octanol–water partition coefficient (Wildman–Crippen LogP) is 3.55. The summed E-state index contributed by atoms with van der Waals surface area (Å²) in [5, 5.41) is 3.51. The van der Waals surface area contributed by atoms with Crippen LogP contribution in [-0.4, -0.2) is 39.4 Å². The zero-order chi connectivity index (χ0) is 19.7. The molecule has 0 aliphatic rings. The number of anilines is 1. The molecule has 2 rings (SSSR count). The van der Waals surface area contributed by atoms with E-state index in [1.54, 1.807) is 42.1 Å². The van der Waals surface area contributed by atoms with E-state index in [9.17, 15) is 13.2 Å². The van der Waals surface area contributed by atoms with E-state index in [-0.39, 0.29) is 12.5 Å². The average molecular weight is 427 g/mol. The summed E-state index contributed by atoms with van der Waals surface area (Å²) in [7, 11) is -3.53. The third-order valence-corrected chi connectivity index (χ3v) is 6.17. The van der Waals surface area contributed by atoms with Gasteiger partial charge in [0, 0.05) is 17.3 Å². The molecule has 2 aromatic rings. The van der Waals surface area contributed by atoms with Gasteiger partial charge in [-0.25, -0.2) is 8.42 Å². The van der Waals surface area contributed by atoms with Crippen molar-refractivity contribution in [3.8, 4) is 0 Å². The van der Waals surface area contributed by atoms with Crippen molar-refractivity contribution >= 4 is 45.0 Å². The highest BCUT2D eigenvalue weighted by Crippen LogP contribution is 2.17. The van der Waals surface area contributed by atoms with E-state index in [1.165, 1.54) is 5.56 Å². The van der Waals surface area contributed by atoms with Gasteiger partial charge >= 0.3 is 0 Å². The molecule has 0 unspecified atom stereocenters. The number of benzene rings is 2. The molecule has 0 fully saturated rings. The number of para-hydroxylation sites is 1. The molecule has 5 nitrogen and oxygen atoms in total. The summed E-state index contributed by atoms with van der Waals surface area (Å²) < 4.78 is 25.1. The number of rotatable bonds is 10. The Labute approximate surface area is 170 Å². The Bertz CT molecular complexity index is 845. The van der Waals surface area contributed by atoms with E-state index in [4.69, 9.17) is 11.6 Å². The van der Waals surface area contributed by atoms with Crippen molar-refractivity contribution < 1.29 is 13.2 Å². The van der Waals surface area contributed by atoms with Gasteiger partial charge in [0.25, 0.3) is 0 Å². The third-order valence-electron chi connectivity index (χ3n) is 3.68. The molecule has 0 bridgehead atoms. The first-order valence-corrected chi connectivity index (χ1v) is 11.9. The number of nitrogens with zero attached hydrogens (tertiary/aromatic N) is 1. The normalized spacial score (nSPS) is 11.2. The molecule has 0 saturated heterocycles. The summed E-state index contributed by atoms with van der Waals surface area (Å²) in [5.74, 6) is 1.44. The van der Waals surface area contributed by atoms with E-state index < -0.39 is 10.0 Å². The first kappa shape index (κ1) is 21.6. The fourth-order valence-electron chi connectivity index (χ4n) is 2.40. The smallest absolute Gasteiger partial charge is 0.240 e. The molecule has 0 atom stereocenters. The van der Waals surface area contributed by atoms with Gasteiger partial charge in [0.05, 0.1) is 11.9 Å². The fourth-order valence-corrected chi connectivity index (χ4v) is 4.38. The van der Waals surface area contributed by atoms with Crippen LogP contribution in [0.5, 0.6) is 0 Å². The number of carbonyl (C=O) groups excluding carboxylic acids is 1. The molecule has 8 heteroatoms. The molecule has 0 aliphatic carbocycles. The Morgan fingerprint density at radius 3 is 2.56 bits per heavy atom. The molecular weight excluding hydrogens is 404 g/mol. The minimum Gasteiger partial charge on any atom is -0.354 e. The molecule has 1 amide bonds. The predicted molar refractivity (Wildman–Crippen MR) is 114 cm³/mol. The standard InChI is InChI=1S/C19H23ClN2O3S2/c1-27(24,25)22(18-9-3-2-4-10-18)14-19(23)21-11-6-12-26-15-16-7-5-8-17(20)13-16/h2-5,7-10,13H,6,11-12,14-15H2,1H3,(H,21,23). The highest BCUT2D eigenvalue weighted by Gasteiger charge is 2.20. The van der Waals surface area contributed by atoms with Crippen LogP contribution in [-0.2, 0) is 20.6 Å². The van der Waals surface area contributed by atoms with Crippen molar-refractivity contribution in [2.24, 2.45) is 0 Å². The Hall–Kier alpha value is -1.70. The van der Waals surface area contributed by atoms with E-state index >= 15 is 0 Å². The molecule has 0 spiro atoms. The second-order valence-corrected chi connectivity index (χ2v) is 9.44. The Morgan fingerprint density at radius 1 is 1.15 bits per heavy atom. The summed E-state index contributed by atoms with van der Waals surface area (Å²) in [6.45, 7) is 0.284. The van der Waals surface area contributed by atoms with Crippen molar-refractivity contribution in [3.63, 3.8) is 0 Å². The summed E-state index contributed by atoms with van der Waals surface area (Å²) in [6.07, 6.45) is 1.90. The van der Waals surface area contributed by atoms with Gasteiger partial charge in [0.15, 0.2) is 0 Å². The van der Waals surface area contributed by atoms with Gasteiger partial charge in [-0.1, -0.05) is 41.9 Å². The first-order valence-electron chi connectivity index (χ1n) is 8.48. The molecule has 1 N–H and O–H groups in total. The SMILES string of the molecule is CS(=O)(=O)N(CC(=O)NCCCSCc1cccc(Cl)c1)c1ccccc1. The van der Waals surface area contributed by atoms with Crippen LogP contribution in [0.3, 0.4) is 0 Å². The average Bonchev–Trinajstić information content (AvgIpc) is 2.62. The van der Waals surface area contributed by atoms with Crippen LogP contribution in [0.1, 0.15) is 12.0 Å². The monoisotopic (exact) mass is 426 g/mol. The number of hydrogen-bond donors (Lipinski definition) is 1. The quantitative estimate of drug-likeness (QED) is 0.590. The number of sulfonamides is 1. The highest BCUT2D eigenvalue weighted by atomic mass is 35.5. The van der Waals surface area contributed by atoms with Crippen molar-refractivity contribution in [1.82, 2.24) is 5.32 Å². The van der Waals surface area contributed by atoms with Crippen LogP contribution in [0.15, 0.2) is 54.6 Å². The van der Waals surface area contributed by atoms with Crippen molar-refractivity contribution in [2.75, 3.05) is 29.4 Å². The van der Waals surface area contributed by atoms with E-state index in [0.717, 1.165) is 33.5 Å². The van der Waals surface area contributed by atoms with Crippen LogP contribution in [0.25, 0.3) is 0 Å². The van der Waals surface area contributed by atoms with Crippen LogP contribution in [0, 0.1) is 0 Å². The molecule has 0 radical (unpaired) electrons. The molecule has 0 aromatic heterocycles. The maximum Gasteiger partial charge on any atom is 0.240 e. The number of halogens is 1. The van der Waals surface area contributed by atoms with Crippen molar-refractivity contribution in [3.05, 3.63) is 65.2 Å². The zero-order valence-electron chi connectivity index (χ0n) is 15.1. The Morgan fingerprint density at radius 2 is 1.89 bits per heavy atom. The highest BCUT2D eigenvalue weighted by molar-refractivity contribution is 7.98. The maximum absolute atomic E-state index is 12.1. The minimum absolute atomic E-state index is 0.224. The van der Waals surface area contributed by atoms with Crippen LogP contribution in [0.2, 0.25) is 5.02 Å². The second kappa shape index (κ2) is 10.6. The van der Waals surface area contributed by atoms with Gasteiger partial charge in [-0.3, -0.25) is 9.10 Å². The summed E-state index contributed by atoms with van der Waals surface area (Å²) in [4.78, 5) is 12.1. The number of hydrogen-bond acceptors (Lipinski definition) is 4. The van der Waals surface area contributed by atoms with Crippen LogP contribution in [0.4, 0.5) is 5.69 Å². The molecule has 146 valence electrons. The third kappa shape index (κ3) is 7.82. The molecule has 0 heterocycles. The van der Waals surface area contributed by atoms with Gasteiger partial charge in [-0.05, 0) is 42.0 Å². The number of carbonyl (C=O) groups is 1. The Balaban J connectivity index is 1.72. The minimum atomic E-state index is -3.53. The largest absolute Gasteiger partial charge is 0.354 e. The maximum atomic E-state index is 12.1. The van der Waals surface area contributed by atoms with E-state index in [0.29, 0.717) is 12.2 Å². The van der Waals surface area contributed by atoms with Gasteiger partial charge in [0.2, 0.25) is 15.9 Å². The number of amides is 1. The lowest BCUT2D eigenvalue weighted by molar-refractivity contribution is -0.119. The summed E-state index contributed by atoms with van der Waals surface area (Å²) >= 11 is 7.72. The number of thioether (sulfide) groups is 1. The van der Waals surface area contributed by atoms with Crippen LogP contribution < -0.4 is 9.62 Å². The van der Waals surface area contributed by atoms with Crippen molar-refractivity contribution in [1.29, 1.82) is 0 Å². The molecule has 2 aromatic carbocycles. The lowest BCUT2D eigenvalue weighted by atomic mass is 10.2. The number of nitrogens with one attached hydrogen (secondary N) is 1. The van der Waals surface area contributed by atoms with Gasteiger partial charge in [0.1, 0.15) is 6.54 Å². The fraction of sp³-hybridized carbons (Fsp3) is 0.316. The van der Waals surface area contributed by atoms with Crippen LogP contribution >= 0.6 is 23.4 Å². The second-order valence-electron chi connectivity index (χ2n) is 5.99.